The Labute approximate surface area is 268 Å². The standard InChI is InChI=1S/C31H26I2N2O5S/c1-4-39-28-22(32)14-18(15-23(28)33)16-24-29(36)35-27(20-12-9-13-21(17-20)38-3)25(30(37)40-5-2)26(34-31(35)41-24)19-10-7-6-8-11-19/h6-17,27H,4-5H2,1-3H3/b24-16-/t27-/m1/s1. The third-order valence-corrected chi connectivity index (χ3v) is 8.98. The molecule has 41 heavy (non-hydrogen) atoms. The fraction of sp³-hybridized carbons (Fsp3) is 0.194. The first-order chi connectivity index (χ1) is 19.9. The molecule has 1 aliphatic rings. The van der Waals surface area contributed by atoms with E-state index >= 15 is 0 Å². The number of carbonyl (C=O) groups is 1. The molecule has 0 N–H and O–H groups in total. The summed E-state index contributed by atoms with van der Waals surface area (Å²) in [5.74, 6) is 0.925. The number of aromatic nitrogens is 1. The van der Waals surface area contributed by atoms with Crippen LogP contribution in [0.3, 0.4) is 0 Å². The number of halogens is 2. The molecule has 7 nitrogen and oxygen atoms in total. The second-order valence-electron chi connectivity index (χ2n) is 8.95. The Morgan fingerprint density at radius 2 is 1.76 bits per heavy atom. The van der Waals surface area contributed by atoms with Crippen molar-refractivity contribution in [3.05, 3.63) is 116 Å². The van der Waals surface area contributed by atoms with E-state index < -0.39 is 12.0 Å². The topological polar surface area (TPSA) is 79.1 Å². The van der Waals surface area contributed by atoms with E-state index in [2.05, 4.69) is 45.2 Å². The van der Waals surface area contributed by atoms with Crippen molar-refractivity contribution >= 4 is 74.3 Å². The lowest BCUT2D eigenvalue weighted by Crippen LogP contribution is -2.40. The van der Waals surface area contributed by atoms with Gasteiger partial charge in [-0.1, -0.05) is 53.8 Å². The summed E-state index contributed by atoms with van der Waals surface area (Å²) in [4.78, 5) is 33.1. The molecule has 0 saturated heterocycles. The zero-order chi connectivity index (χ0) is 29.1. The summed E-state index contributed by atoms with van der Waals surface area (Å²) in [5, 5.41) is 0. The van der Waals surface area contributed by atoms with Crippen LogP contribution in [0.15, 0.2) is 82.1 Å². The molecule has 2 heterocycles. The van der Waals surface area contributed by atoms with Crippen molar-refractivity contribution in [2.75, 3.05) is 20.3 Å². The third kappa shape index (κ3) is 6.00. The summed E-state index contributed by atoms with van der Waals surface area (Å²) < 4.78 is 20.8. The Morgan fingerprint density at radius 1 is 1.02 bits per heavy atom. The number of fused-ring (bicyclic) bond motifs is 1. The van der Waals surface area contributed by atoms with Gasteiger partial charge in [0.05, 0.1) is 49.3 Å². The van der Waals surface area contributed by atoms with Gasteiger partial charge in [-0.3, -0.25) is 9.36 Å². The molecule has 0 bridgehead atoms. The molecule has 0 aliphatic carbocycles. The van der Waals surface area contributed by atoms with Crippen LogP contribution in [0.1, 0.15) is 36.6 Å². The normalized spacial score (nSPS) is 14.9. The van der Waals surface area contributed by atoms with Crippen molar-refractivity contribution in [2.24, 2.45) is 4.99 Å². The van der Waals surface area contributed by atoms with Crippen molar-refractivity contribution in [1.82, 2.24) is 4.57 Å². The van der Waals surface area contributed by atoms with Gasteiger partial charge in [-0.05, 0) is 100 Å². The van der Waals surface area contributed by atoms with Gasteiger partial charge in [-0.25, -0.2) is 9.79 Å². The fourth-order valence-electron chi connectivity index (χ4n) is 4.66. The largest absolute Gasteiger partial charge is 0.497 e. The van der Waals surface area contributed by atoms with Crippen LogP contribution in [-0.2, 0) is 9.53 Å². The highest BCUT2D eigenvalue weighted by Gasteiger charge is 2.35. The highest BCUT2D eigenvalue weighted by atomic mass is 127. The lowest BCUT2D eigenvalue weighted by Gasteiger charge is -2.26. The molecule has 0 fully saturated rings. The molecule has 0 amide bonds. The number of ether oxygens (including phenoxy) is 3. The number of hydrogen-bond donors (Lipinski definition) is 0. The van der Waals surface area contributed by atoms with E-state index in [0.717, 1.165) is 24.0 Å². The number of carbonyl (C=O) groups excluding carboxylic acids is 1. The van der Waals surface area contributed by atoms with Crippen molar-refractivity contribution in [1.29, 1.82) is 0 Å². The highest BCUT2D eigenvalue weighted by molar-refractivity contribution is 14.1. The molecule has 0 radical (unpaired) electrons. The molecule has 10 heteroatoms. The number of benzene rings is 3. The zero-order valence-electron chi connectivity index (χ0n) is 22.5. The van der Waals surface area contributed by atoms with Gasteiger partial charge in [0.2, 0.25) is 0 Å². The smallest absolute Gasteiger partial charge is 0.338 e. The molecule has 4 aromatic rings. The number of esters is 1. The monoisotopic (exact) mass is 792 g/mol. The van der Waals surface area contributed by atoms with Gasteiger partial charge in [-0.15, -0.1) is 0 Å². The highest BCUT2D eigenvalue weighted by Crippen LogP contribution is 2.36. The molecule has 3 aromatic carbocycles. The predicted octanol–water partition coefficient (Wildman–Crippen LogP) is 5.55. The van der Waals surface area contributed by atoms with Gasteiger partial charge in [-0.2, -0.15) is 0 Å². The maximum atomic E-state index is 14.1. The molecule has 1 atom stereocenters. The van der Waals surface area contributed by atoms with E-state index in [0.29, 0.717) is 38.5 Å². The van der Waals surface area contributed by atoms with Gasteiger partial charge in [0, 0.05) is 5.56 Å². The van der Waals surface area contributed by atoms with Crippen molar-refractivity contribution < 1.29 is 19.0 Å². The predicted molar refractivity (Wildman–Crippen MR) is 177 cm³/mol. The lowest BCUT2D eigenvalue weighted by atomic mass is 9.93. The summed E-state index contributed by atoms with van der Waals surface area (Å²) in [6.45, 7) is 4.47. The maximum absolute atomic E-state index is 14.1. The molecule has 1 aromatic heterocycles. The van der Waals surface area contributed by atoms with Gasteiger partial charge >= 0.3 is 5.97 Å². The molecule has 210 valence electrons. The average Bonchev–Trinajstić information content (AvgIpc) is 3.28. The first-order valence-corrected chi connectivity index (χ1v) is 15.9. The molecule has 0 unspecified atom stereocenters. The Hall–Kier alpha value is -2.97. The van der Waals surface area contributed by atoms with Crippen LogP contribution in [0.2, 0.25) is 0 Å². The summed E-state index contributed by atoms with van der Waals surface area (Å²) in [6, 6.07) is 20.1. The van der Waals surface area contributed by atoms with E-state index in [1.165, 1.54) is 11.3 Å². The third-order valence-electron chi connectivity index (χ3n) is 6.39. The minimum atomic E-state index is -0.765. The van der Waals surface area contributed by atoms with Crippen LogP contribution in [0.25, 0.3) is 11.8 Å². The van der Waals surface area contributed by atoms with Crippen LogP contribution in [-0.4, -0.2) is 30.9 Å². The molecule has 1 aliphatic heterocycles. The van der Waals surface area contributed by atoms with Gasteiger partial charge in [0.15, 0.2) is 4.80 Å². The molecular weight excluding hydrogens is 766 g/mol. The van der Waals surface area contributed by atoms with E-state index in [1.54, 1.807) is 18.6 Å². The Kier molecular flexibility index (Phi) is 9.29. The van der Waals surface area contributed by atoms with Crippen LogP contribution in [0.4, 0.5) is 0 Å². The van der Waals surface area contributed by atoms with Crippen LogP contribution in [0, 0.1) is 7.14 Å². The van der Waals surface area contributed by atoms with Gasteiger partial charge in [0.25, 0.3) is 5.56 Å². The SMILES string of the molecule is CCOC(=O)C1=C(c2ccccc2)N=c2s/c(=C\c3cc(I)c(OCC)c(I)c3)c(=O)n2[C@@H]1c1cccc(OC)c1. The number of hydrogen-bond acceptors (Lipinski definition) is 7. The van der Waals surface area contributed by atoms with E-state index in [9.17, 15) is 9.59 Å². The van der Waals surface area contributed by atoms with Crippen molar-refractivity contribution in [2.45, 2.75) is 19.9 Å². The number of rotatable bonds is 8. The summed E-state index contributed by atoms with van der Waals surface area (Å²) >= 11 is 5.79. The Bertz CT molecular complexity index is 1810. The second-order valence-corrected chi connectivity index (χ2v) is 12.3. The molecule has 0 spiro atoms. The van der Waals surface area contributed by atoms with Crippen molar-refractivity contribution in [3.8, 4) is 11.5 Å². The van der Waals surface area contributed by atoms with Crippen LogP contribution < -0.4 is 24.4 Å². The first kappa shape index (κ1) is 29.5. The molecule has 5 rings (SSSR count). The summed E-state index contributed by atoms with van der Waals surface area (Å²) in [7, 11) is 1.58. The summed E-state index contributed by atoms with van der Waals surface area (Å²) in [5.41, 5.74) is 2.89. The van der Waals surface area contributed by atoms with E-state index in [4.69, 9.17) is 19.2 Å². The van der Waals surface area contributed by atoms with Gasteiger partial charge in [0.1, 0.15) is 11.5 Å². The molecule has 0 saturated carbocycles. The van der Waals surface area contributed by atoms with Crippen LogP contribution in [0.5, 0.6) is 11.5 Å². The van der Waals surface area contributed by atoms with E-state index in [-0.39, 0.29) is 12.2 Å². The average molecular weight is 792 g/mol. The maximum Gasteiger partial charge on any atom is 0.338 e. The van der Waals surface area contributed by atoms with E-state index in [1.807, 2.05) is 79.7 Å². The Morgan fingerprint density at radius 3 is 2.41 bits per heavy atom. The quantitative estimate of drug-likeness (QED) is 0.173. The molecular formula is C31H26I2N2O5S. The second kappa shape index (κ2) is 12.9. The fourth-order valence-corrected chi connectivity index (χ4v) is 7.79. The van der Waals surface area contributed by atoms with Crippen LogP contribution >= 0.6 is 56.5 Å². The Balaban J connectivity index is 1.80. The summed E-state index contributed by atoms with van der Waals surface area (Å²) in [6.07, 6.45) is 1.86. The van der Waals surface area contributed by atoms with Gasteiger partial charge < -0.3 is 14.2 Å². The number of methoxy groups -OCH3 is 1. The lowest BCUT2D eigenvalue weighted by molar-refractivity contribution is -0.138. The first-order valence-electron chi connectivity index (χ1n) is 12.9. The minimum Gasteiger partial charge on any atom is -0.497 e. The number of thiazole rings is 1. The zero-order valence-corrected chi connectivity index (χ0v) is 27.7. The van der Waals surface area contributed by atoms with Crippen molar-refractivity contribution in [3.63, 3.8) is 0 Å². The number of nitrogens with zero attached hydrogens (tertiary/aromatic N) is 2. The minimum absolute atomic E-state index is 0.189.